The van der Waals surface area contributed by atoms with E-state index in [2.05, 4.69) is 15.0 Å². The summed E-state index contributed by atoms with van der Waals surface area (Å²) in [6.07, 6.45) is 3.29. The number of pyridine rings is 1. The fourth-order valence-corrected chi connectivity index (χ4v) is 1.34. The van der Waals surface area contributed by atoms with Gasteiger partial charge < -0.3 is 5.73 Å². The molecule has 0 saturated carbocycles. The van der Waals surface area contributed by atoms with Crippen molar-refractivity contribution >= 4 is 11.5 Å². The van der Waals surface area contributed by atoms with Gasteiger partial charge in [-0.25, -0.2) is 14.4 Å². The van der Waals surface area contributed by atoms with Crippen LogP contribution in [0.3, 0.4) is 0 Å². The van der Waals surface area contributed by atoms with Crippen molar-refractivity contribution in [1.29, 1.82) is 0 Å². The molecule has 17 heavy (non-hydrogen) atoms. The molecule has 86 valence electrons. The van der Waals surface area contributed by atoms with Gasteiger partial charge in [0.25, 0.3) is 0 Å². The molecule has 0 bridgehead atoms. The SMILES string of the molecule is Nc1ncnc(-c2ccncc2F)c1[N+](=O)[O-]. The number of halogens is 1. The van der Waals surface area contributed by atoms with Crippen LogP contribution in [0.4, 0.5) is 15.9 Å². The number of hydrogen-bond acceptors (Lipinski definition) is 6. The maximum absolute atomic E-state index is 13.5. The number of rotatable bonds is 2. The number of anilines is 1. The van der Waals surface area contributed by atoms with E-state index in [0.717, 1.165) is 12.5 Å². The Labute approximate surface area is 94.3 Å². The topological polar surface area (TPSA) is 108 Å². The molecular weight excluding hydrogens is 229 g/mol. The van der Waals surface area contributed by atoms with Gasteiger partial charge in [-0.2, -0.15) is 0 Å². The Bertz CT molecular complexity index is 589. The Hall–Kier alpha value is -2.64. The van der Waals surface area contributed by atoms with Gasteiger partial charge in [0.05, 0.1) is 11.1 Å². The summed E-state index contributed by atoms with van der Waals surface area (Å²) in [5.41, 5.74) is 4.66. The molecule has 2 heterocycles. The van der Waals surface area contributed by atoms with Gasteiger partial charge in [0.2, 0.25) is 5.82 Å². The first-order valence-corrected chi connectivity index (χ1v) is 4.46. The Morgan fingerprint density at radius 2 is 2.18 bits per heavy atom. The second-order valence-corrected chi connectivity index (χ2v) is 3.07. The van der Waals surface area contributed by atoms with Gasteiger partial charge in [-0.15, -0.1) is 0 Å². The predicted octanol–water partition coefficient (Wildman–Crippen LogP) is 1.17. The van der Waals surface area contributed by atoms with Gasteiger partial charge >= 0.3 is 5.69 Å². The molecule has 8 heteroatoms. The normalized spacial score (nSPS) is 10.2. The zero-order valence-corrected chi connectivity index (χ0v) is 8.37. The third-order valence-corrected chi connectivity index (χ3v) is 2.06. The lowest BCUT2D eigenvalue weighted by Crippen LogP contribution is -2.03. The molecule has 0 saturated heterocycles. The molecule has 0 aromatic carbocycles. The van der Waals surface area contributed by atoms with Crippen molar-refractivity contribution in [3.63, 3.8) is 0 Å². The van der Waals surface area contributed by atoms with E-state index in [0.29, 0.717) is 0 Å². The summed E-state index contributed by atoms with van der Waals surface area (Å²) in [5.74, 6) is -1.02. The van der Waals surface area contributed by atoms with Crippen LogP contribution in [0.15, 0.2) is 24.8 Å². The minimum atomic E-state index is -0.746. The van der Waals surface area contributed by atoms with Crippen molar-refractivity contribution in [2.75, 3.05) is 5.73 Å². The maximum Gasteiger partial charge on any atom is 0.337 e. The maximum atomic E-state index is 13.5. The van der Waals surface area contributed by atoms with Crippen LogP contribution in [0.2, 0.25) is 0 Å². The second-order valence-electron chi connectivity index (χ2n) is 3.07. The molecule has 2 aromatic heterocycles. The highest BCUT2D eigenvalue weighted by molar-refractivity contribution is 5.75. The molecule has 0 unspecified atom stereocenters. The standard InChI is InChI=1S/C9H6FN5O2/c10-6-3-12-2-1-5(6)7-8(15(16)17)9(11)14-4-13-7/h1-4H,(H2,11,13,14). The molecule has 0 aliphatic rings. The summed E-state index contributed by atoms with van der Waals surface area (Å²) in [4.78, 5) is 20.8. The van der Waals surface area contributed by atoms with E-state index in [1.807, 2.05) is 0 Å². The third-order valence-electron chi connectivity index (χ3n) is 2.06. The van der Waals surface area contributed by atoms with E-state index in [1.165, 1.54) is 12.3 Å². The van der Waals surface area contributed by atoms with Crippen LogP contribution in [0.25, 0.3) is 11.3 Å². The van der Waals surface area contributed by atoms with Crippen molar-refractivity contribution in [2.45, 2.75) is 0 Å². The number of hydrogen-bond donors (Lipinski definition) is 1. The minimum Gasteiger partial charge on any atom is -0.378 e. The van der Waals surface area contributed by atoms with Crippen molar-refractivity contribution in [2.24, 2.45) is 0 Å². The van der Waals surface area contributed by atoms with Gasteiger partial charge in [-0.05, 0) is 6.07 Å². The molecule has 0 fully saturated rings. The molecule has 0 aliphatic heterocycles. The summed E-state index contributed by atoms with van der Waals surface area (Å²) >= 11 is 0. The highest BCUT2D eigenvalue weighted by Gasteiger charge is 2.23. The second kappa shape index (κ2) is 4.08. The van der Waals surface area contributed by atoms with Crippen LogP contribution in [0.1, 0.15) is 0 Å². The van der Waals surface area contributed by atoms with Crippen LogP contribution in [0, 0.1) is 15.9 Å². The highest BCUT2D eigenvalue weighted by atomic mass is 19.1. The highest BCUT2D eigenvalue weighted by Crippen LogP contribution is 2.31. The molecular formula is C9H6FN5O2. The fraction of sp³-hybridized carbons (Fsp3) is 0. The quantitative estimate of drug-likeness (QED) is 0.618. The van der Waals surface area contributed by atoms with Crippen LogP contribution in [0.5, 0.6) is 0 Å². The zero-order valence-electron chi connectivity index (χ0n) is 8.37. The summed E-state index contributed by atoms with van der Waals surface area (Å²) in [5, 5.41) is 10.8. The lowest BCUT2D eigenvalue weighted by atomic mass is 10.1. The number of nitrogens with two attached hydrogens (primary N) is 1. The monoisotopic (exact) mass is 235 g/mol. The van der Waals surface area contributed by atoms with Gasteiger partial charge in [0, 0.05) is 11.8 Å². The molecule has 7 nitrogen and oxygen atoms in total. The first-order chi connectivity index (χ1) is 8.11. The molecule has 0 aliphatic carbocycles. The fourth-order valence-electron chi connectivity index (χ4n) is 1.34. The molecule has 2 rings (SSSR count). The van der Waals surface area contributed by atoms with Gasteiger partial charge in [-0.1, -0.05) is 0 Å². The largest absolute Gasteiger partial charge is 0.378 e. The minimum absolute atomic E-state index is 0.0409. The van der Waals surface area contributed by atoms with Crippen LogP contribution in [-0.2, 0) is 0 Å². The van der Waals surface area contributed by atoms with E-state index >= 15 is 0 Å². The van der Waals surface area contributed by atoms with Gasteiger partial charge in [0.1, 0.15) is 6.33 Å². The van der Waals surface area contributed by atoms with Crippen LogP contribution < -0.4 is 5.73 Å². The Kier molecular flexibility index (Phi) is 2.61. The first-order valence-electron chi connectivity index (χ1n) is 4.46. The Balaban J connectivity index is 2.72. The predicted molar refractivity (Wildman–Crippen MR) is 56.3 cm³/mol. The van der Waals surface area contributed by atoms with Crippen LogP contribution >= 0.6 is 0 Å². The molecule has 0 atom stereocenters. The average molecular weight is 235 g/mol. The van der Waals surface area contributed by atoms with Crippen molar-refractivity contribution in [3.8, 4) is 11.3 Å². The van der Waals surface area contributed by atoms with E-state index in [9.17, 15) is 14.5 Å². The number of nitro groups is 1. The van der Waals surface area contributed by atoms with Gasteiger partial charge in [-0.3, -0.25) is 15.1 Å². The first kappa shape index (κ1) is 10.9. The average Bonchev–Trinajstić information content (AvgIpc) is 2.28. The summed E-state index contributed by atoms with van der Waals surface area (Å²) < 4.78 is 13.5. The molecule has 0 amide bonds. The number of nitrogens with zero attached hydrogens (tertiary/aromatic N) is 4. The molecule has 2 N–H and O–H groups in total. The van der Waals surface area contributed by atoms with E-state index < -0.39 is 16.4 Å². The van der Waals surface area contributed by atoms with Crippen molar-refractivity contribution in [3.05, 3.63) is 40.7 Å². The summed E-state index contributed by atoms with van der Waals surface area (Å²) in [7, 11) is 0. The number of nitrogen functional groups attached to an aromatic ring is 1. The molecule has 0 radical (unpaired) electrons. The smallest absolute Gasteiger partial charge is 0.337 e. The lowest BCUT2D eigenvalue weighted by Gasteiger charge is -2.03. The van der Waals surface area contributed by atoms with E-state index in [4.69, 9.17) is 5.73 Å². The molecule has 2 aromatic rings. The Morgan fingerprint density at radius 3 is 2.82 bits per heavy atom. The van der Waals surface area contributed by atoms with Crippen molar-refractivity contribution in [1.82, 2.24) is 15.0 Å². The summed E-state index contributed by atoms with van der Waals surface area (Å²) in [6, 6.07) is 1.28. The number of aromatic nitrogens is 3. The Morgan fingerprint density at radius 1 is 1.41 bits per heavy atom. The summed E-state index contributed by atoms with van der Waals surface area (Å²) in [6.45, 7) is 0. The third kappa shape index (κ3) is 1.87. The van der Waals surface area contributed by atoms with Crippen LogP contribution in [-0.4, -0.2) is 19.9 Å². The molecule has 0 spiro atoms. The van der Waals surface area contributed by atoms with E-state index in [1.54, 1.807) is 0 Å². The lowest BCUT2D eigenvalue weighted by molar-refractivity contribution is -0.383. The van der Waals surface area contributed by atoms with E-state index in [-0.39, 0.29) is 17.1 Å². The van der Waals surface area contributed by atoms with Gasteiger partial charge in [0.15, 0.2) is 11.5 Å². The zero-order chi connectivity index (χ0) is 12.4. The van der Waals surface area contributed by atoms with Crippen molar-refractivity contribution < 1.29 is 9.31 Å².